The van der Waals surface area contributed by atoms with Crippen LogP contribution >= 0.6 is 0 Å². The highest BCUT2D eigenvalue weighted by Crippen LogP contribution is 2.17. The van der Waals surface area contributed by atoms with E-state index < -0.39 is 0 Å². The van der Waals surface area contributed by atoms with Gasteiger partial charge in [-0.15, -0.1) is 0 Å². The summed E-state index contributed by atoms with van der Waals surface area (Å²) in [6.07, 6.45) is 1.76. The second-order valence-electron chi connectivity index (χ2n) is 5.04. The van der Waals surface area contributed by atoms with E-state index in [9.17, 15) is 4.79 Å². The molecule has 2 rings (SSSR count). The molecular weight excluding hydrogens is 278 g/mol. The molecule has 0 saturated heterocycles. The fourth-order valence-electron chi connectivity index (χ4n) is 2.22. The number of carbonyl (C=O) groups excluding carboxylic acids is 1. The van der Waals surface area contributed by atoms with Crippen molar-refractivity contribution in [1.29, 1.82) is 0 Å². The minimum Gasteiger partial charge on any atom is -0.375 e. The van der Waals surface area contributed by atoms with Crippen molar-refractivity contribution in [3.05, 3.63) is 59.8 Å². The molecule has 5 nitrogen and oxygen atoms in total. The number of methoxy groups -OCH3 is 1. The summed E-state index contributed by atoms with van der Waals surface area (Å²) in [5.41, 5.74) is 2.19. The first-order valence-electron chi connectivity index (χ1n) is 7.15. The minimum absolute atomic E-state index is 0.0649. The first-order valence-corrected chi connectivity index (χ1v) is 7.15. The van der Waals surface area contributed by atoms with Gasteiger partial charge in [-0.25, -0.2) is 4.98 Å². The van der Waals surface area contributed by atoms with Crippen LogP contribution in [0.15, 0.2) is 48.7 Å². The molecule has 0 bridgehead atoms. The van der Waals surface area contributed by atoms with Gasteiger partial charge in [0.2, 0.25) is 5.91 Å². The van der Waals surface area contributed by atoms with Gasteiger partial charge >= 0.3 is 0 Å². The standard InChI is InChI=1S/C17H21N3O2/c1-20(12-14-7-4-3-5-8-14)17-15(9-6-10-18-17)11-19-16(21)13-22-2/h3-10H,11-13H2,1-2H3,(H,19,21). The van der Waals surface area contributed by atoms with Gasteiger partial charge in [-0.2, -0.15) is 0 Å². The number of ether oxygens (including phenoxy) is 1. The van der Waals surface area contributed by atoms with Crippen molar-refractivity contribution in [1.82, 2.24) is 10.3 Å². The molecule has 2 aromatic rings. The van der Waals surface area contributed by atoms with Crippen molar-refractivity contribution in [2.45, 2.75) is 13.1 Å². The van der Waals surface area contributed by atoms with Crippen molar-refractivity contribution >= 4 is 11.7 Å². The number of aromatic nitrogens is 1. The third-order valence-corrected chi connectivity index (χ3v) is 3.24. The fourth-order valence-corrected chi connectivity index (χ4v) is 2.22. The molecule has 22 heavy (non-hydrogen) atoms. The smallest absolute Gasteiger partial charge is 0.246 e. The second kappa shape index (κ2) is 8.14. The molecule has 1 heterocycles. The number of amides is 1. The lowest BCUT2D eigenvalue weighted by atomic mass is 10.2. The maximum atomic E-state index is 11.5. The zero-order valence-corrected chi connectivity index (χ0v) is 13.0. The maximum absolute atomic E-state index is 11.5. The highest BCUT2D eigenvalue weighted by Gasteiger charge is 2.10. The van der Waals surface area contributed by atoms with Crippen LogP contribution < -0.4 is 10.2 Å². The number of nitrogens with one attached hydrogen (secondary N) is 1. The van der Waals surface area contributed by atoms with Crippen LogP contribution in [0.25, 0.3) is 0 Å². The minimum atomic E-state index is -0.136. The maximum Gasteiger partial charge on any atom is 0.246 e. The van der Waals surface area contributed by atoms with E-state index in [2.05, 4.69) is 27.3 Å². The van der Waals surface area contributed by atoms with Gasteiger partial charge in [-0.3, -0.25) is 4.79 Å². The van der Waals surface area contributed by atoms with E-state index in [1.807, 2.05) is 37.4 Å². The molecule has 0 aliphatic rings. The lowest BCUT2D eigenvalue weighted by Gasteiger charge is -2.21. The Balaban J connectivity index is 2.05. The number of benzene rings is 1. The number of hydrogen-bond donors (Lipinski definition) is 1. The molecular formula is C17H21N3O2. The van der Waals surface area contributed by atoms with Crippen LogP contribution in [0.2, 0.25) is 0 Å². The zero-order chi connectivity index (χ0) is 15.8. The summed E-state index contributed by atoms with van der Waals surface area (Å²) >= 11 is 0. The molecule has 0 fully saturated rings. The topological polar surface area (TPSA) is 54.5 Å². The van der Waals surface area contributed by atoms with Crippen LogP contribution in [0.1, 0.15) is 11.1 Å². The van der Waals surface area contributed by atoms with Crippen molar-refractivity contribution in [3.8, 4) is 0 Å². The first kappa shape index (κ1) is 16.0. The molecule has 0 aliphatic heterocycles. The van der Waals surface area contributed by atoms with Crippen molar-refractivity contribution in [2.75, 3.05) is 25.7 Å². The third-order valence-electron chi connectivity index (χ3n) is 3.24. The summed E-state index contributed by atoms with van der Waals surface area (Å²) in [7, 11) is 3.50. The number of nitrogens with zero attached hydrogens (tertiary/aromatic N) is 2. The van der Waals surface area contributed by atoms with E-state index in [0.29, 0.717) is 6.54 Å². The molecule has 0 saturated carbocycles. The average molecular weight is 299 g/mol. The normalized spacial score (nSPS) is 10.3. The molecule has 116 valence electrons. The van der Waals surface area contributed by atoms with Crippen molar-refractivity contribution < 1.29 is 9.53 Å². The van der Waals surface area contributed by atoms with E-state index in [0.717, 1.165) is 17.9 Å². The van der Waals surface area contributed by atoms with Gasteiger partial charge in [0, 0.05) is 39.0 Å². The summed E-state index contributed by atoms with van der Waals surface area (Å²) < 4.78 is 4.81. The Labute approximate surface area is 130 Å². The molecule has 0 radical (unpaired) electrons. The van der Waals surface area contributed by atoms with Gasteiger partial charge < -0.3 is 15.0 Å². The molecule has 0 aliphatic carbocycles. The lowest BCUT2D eigenvalue weighted by Crippen LogP contribution is -2.28. The van der Waals surface area contributed by atoms with Gasteiger partial charge in [-0.1, -0.05) is 36.4 Å². The van der Waals surface area contributed by atoms with Gasteiger partial charge in [-0.05, 0) is 11.6 Å². The summed E-state index contributed by atoms with van der Waals surface area (Å²) in [6, 6.07) is 14.1. The zero-order valence-electron chi connectivity index (χ0n) is 13.0. The Morgan fingerprint density at radius 1 is 1.23 bits per heavy atom. The fraction of sp³-hybridized carbons (Fsp3) is 0.294. The van der Waals surface area contributed by atoms with Gasteiger partial charge in [0.25, 0.3) is 0 Å². The number of rotatable bonds is 7. The van der Waals surface area contributed by atoms with Crippen LogP contribution in [0.3, 0.4) is 0 Å². The molecule has 1 aromatic carbocycles. The molecule has 1 N–H and O–H groups in total. The van der Waals surface area contributed by atoms with E-state index in [1.165, 1.54) is 12.7 Å². The van der Waals surface area contributed by atoms with Crippen LogP contribution in [0.4, 0.5) is 5.82 Å². The molecule has 0 atom stereocenters. The van der Waals surface area contributed by atoms with Crippen molar-refractivity contribution in [2.24, 2.45) is 0 Å². The average Bonchev–Trinajstić information content (AvgIpc) is 2.54. The predicted molar refractivity (Wildman–Crippen MR) is 86.5 cm³/mol. The summed E-state index contributed by atoms with van der Waals surface area (Å²) in [5.74, 6) is 0.729. The molecule has 0 spiro atoms. The highest BCUT2D eigenvalue weighted by atomic mass is 16.5. The van der Waals surface area contributed by atoms with Gasteiger partial charge in [0.1, 0.15) is 12.4 Å². The Kier molecular flexibility index (Phi) is 5.91. The molecule has 1 aromatic heterocycles. The van der Waals surface area contributed by atoms with Gasteiger partial charge in [0.05, 0.1) is 0 Å². The van der Waals surface area contributed by atoms with Crippen LogP contribution in [0, 0.1) is 0 Å². The van der Waals surface area contributed by atoms with E-state index >= 15 is 0 Å². The van der Waals surface area contributed by atoms with Gasteiger partial charge in [0.15, 0.2) is 0 Å². The monoisotopic (exact) mass is 299 g/mol. The Morgan fingerprint density at radius 3 is 2.73 bits per heavy atom. The number of anilines is 1. The Hall–Kier alpha value is -2.40. The number of pyridine rings is 1. The molecule has 1 amide bonds. The van der Waals surface area contributed by atoms with E-state index in [4.69, 9.17) is 4.74 Å². The third kappa shape index (κ3) is 4.56. The molecule has 5 heteroatoms. The number of carbonyl (C=O) groups is 1. The predicted octanol–water partition coefficient (Wildman–Crippen LogP) is 1.98. The summed E-state index contributed by atoms with van der Waals surface area (Å²) in [4.78, 5) is 18.0. The quantitative estimate of drug-likeness (QED) is 0.849. The Morgan fingerprint density at radius 2 is 2.00 bits per heavy atom. The first-order chi connectivity index (χ1) is 10.7. The van der Waals surface area contributed by atoms with E-state index in [1.54, 1.807) is 6.20 Å². The van der Waals surface area contributed by atoms with E-state index in [-0.39, 0.29) is 12.5 Å². The number of hydrogen-bond acceptors (Lipinski definition) is 4. The summed E-state index contributed by atoms with van der Waals surface area (Å²) in [5, 5.41) is 2.83. The van der Waals surface area contributed by atoms with Crippen LogP contribution in [-0.4, -0.2) is 31.7 Å². The van der Waals surface area contributed by atoms with Crippen LogP contribution in [-0.2, 0) is 22.6 Å². The molecule has 0 unspecified atom stereocenters. The van der Waals surface area contributed by atoms with Crippen molar-refractivity contribution in [3.63, 3.8) is 0 Å². The SMILES string of the molecule is COCC(=O)NCc1cccnc1N(C)Cc1ccccc1. The highest BCUT2D eigenvalue weighted by molar-refractivity contribution is 5.77. The Bertz CT molecular complexity index is 602. The largest absolute Gasteiger partial charge is 0.375 e. The van der Waals surface area contributed by atoms with Crippen LogP contribution in [0.5, 0.6) is 0 Å². The lowest BCUT2D eigenvalue weighted by molar-refractivity contribution is -0.124. The summed E-state index contributed by atoms with van der Waals surface area (Å²) in [6.45, 7) is 1.26. The second-order valence-corrected chi connectivity index (χ2v) is 5.04.